The quantitative estimate of drug-likeness (QED) is 0.259. The van der Waals surface area contributed by atoms with Crippen molar-refractivity contribution in [1.29, 1.82) is 0 Å². The molecule has 0 aromatic carbocycles. The fraction of sp³-hybridized carbons (Fsp3) is 0. The van der Waals surface area contributed by atoms with Crippen LogP contribution in [0.25, 0.3) is 0 Å². The van der Waals surface area contributed by atoms with Gasteiger partial charge in [-0.15, -0.1) is 0 Å². The maximum absolute atomic E-state index is 9.10. The minimum Gasteiger partial charge on any atom is -0.473 e. The van der Waals surface area contributed by atoms with Gasteiger partial charge in [0.1, 0.15) is 0 Å². The van der Waals surface area contributed by atoms with Crippen LogP contribution in [0.15, 0.2) is 0 Å². The number of hydrogen-bond acceptors (Lipinski definition) is 6. The van der Waals surface area contributed by atoms with Gasteiger partial charge in [-0.25, -0.2) is 19.2 Å². The van der Waals surface area contributed by atoms with Crippen LogP contribution in [-0.4, -0.2) is 44.3 Å². The summed E-state index contributed by atoms with van der Waals surface area (Å²) in [4.78, 5) is 36.4. The van der Waals surface area contributed by atoms with Gasteiger partial charge in [-0.1, -0.05) is 0 Å². The van der Waals surface area contributed by atoms with E-state index < -0.39 is 23.9 Å². The summed E-state index contributed by atoms with van der Waals surface area (Å²) in [5, 5.41) is 29.6. The number of rotatable bonds is 0. The van der Waals surface area contributed by atoms with Crippen LogP contribution in [0.3, 0.4) is 0 Å². The molecule has 0 amide bonds. The van der Waals surface area contributed by atoms with Crippen LogP contribution in [0.2, 0.25) is 0 Å². The number of hydrogen-bond donors (Lipinski definition) is 6. The molecule has 0 heterocycles. The van der Waals surface area contributed by atoms with E-state index in [0.29, 0.717) is 0 Å². The van der Waals surface area contributed by atoms with Crippen molar-refractivity contribution in [2.24, 2.45) is 0 Å². The average Bonchev–Trinajstić information content (AvgIpc) is 1.88. The van der Waals surface area contributed by atoms with E-state index in [1.54, 1.807) is 0 Å². The molecule has 0 saturated heterocycles. The number of carboxylic acid groups (broad SMARTS) is 4. The van der Waals surface area contributed by atoms with Crippen LogP contribution in [0, 0.1) is 0 Å². The van der Waals surface area contributed by atoms with Crippen molar-refractivity contribution in [3.8, 4) is 0 Å². The normalized spacial score (nSPS) is 6.29. The van der Waals surface area contributed by atoms with Crippen molar-refractivity contribution in [3.05, 3.63) is 0 Å². The average molecular weight is 214 g/mol. The molecule has 0 saturated carbocycles. The van der Waals surface area contributed by atoms with Crippen molar-refractivity contribution in [3.63, 3.8) is 0 Å². The van der Waals surface area contributed by atoms with E-state index in [1.165, 1.54) is 0 Å². The molecule has 10 nitrogen and oxygen atoms in total. The van der Waals surface area contributed by atoms with Crippen LogP contribution >= 0.6 is 0 Å². The maximum atomic E-state index is 9.10. The Bertz CT molecular complexity index is 175. The topological polar surface area (TPSA) is 219 Å². The van der Waals surface area contributed by atoms with Gasteiger partial charge in [0.05, 0.1) is 0 Å². The lowest BCUT2D eigenvalue weighted by atomic mass is 10.7. The second kappa shape index (κ2) is 10.8. The Morgan fingerprint density at radius 2 is 0.571 bits per heavy atom. The highest BCUT2D eigenvalue weighted by molar-refractivity contribution is 6.27. The van der Waals surface area contributed by atoms with Crippen LogP contribution in [0.1, 0.15) is 0 Å². The Morgan fingerprint density at radius 3 is 0.571 bits per heavy atom. The van der Waals surface area contributed by atoms with Gasteiger partial charge in [-0.3, -0.25) is 0 Å². The Labute approximate surface area is 76.9 Å². The van der Waals surface area contributed by atoms with Crippen LogP contribution in [0.5, 0.6) is 0 Å². The predicted octanol–water partition coefficient (Wildman–Crippen LogP) is -1.36. The lowest BCUT2D eigenvalue weighted by Gasteiger charge is -1.72. The zero-order valence-electron chi connectivity index (χ0n) is 6.84. The third kappa shape index (κ3) is 22.6. The molecule has 0 spiro atoms. The summed E-state index contributed by atoms with van der Waals surface area (Å²) < 4.78 is 0. The third-order valence-corrected chi connectivity index (χ3v) is 0.366. The molecule has 0 atom stereocenters. The lowest BCUT2D eigenvalue weighted by Crippen LogP contribution is -2.09. The second-order valence-corrected chi connectivity index (χ2v) is 1.22. The highest BCUT2D eigenvalue weighted by Gasteiger charge is 2.04. The number of carbonyl (C=O) groups is 4. The Kier molecular flexibility index (Phi) is 17.5. The van der Waals surface area contributed by atoms with E-state index in [0.717, 1.165) is 0 Å². The van der Waals surface area contributed by atoms with Crippen LogP contribution < -0.4 is 12.3 Å². The van der Waals surface area contributed by atoms with Crippen molar-refractivity contribution in [1.82, 2.24) is 12.3 Å². The Morgan fingerprint density at radius 1 is 0.500 bits per heavy atom. The van der Waals surface area contributed by atoms with Crippen LogP contribution in [0.4, 0.5) is 0 Å². The highest BCUT2D eigenvalue weighted by Crippen LogP contribution is 1.56. The first-order valence-corrected chi connectivity index (χ1v) is 2.21. The molecule has 0 aliphatic heterocycles. The molecule has 0 unspecified atom stereocenters. The van der Waals surface area contributed by atoms with Gasteiger partial charge in [-0.05, 0) is 0 Å². The summed E-state index contributed by atoms with van der Waals surface area (Å²) in [5.74, 6) is -7.30. The van der Waals surface area contributed by atoms with E-state index in [-0.39, 0.29) is 12.3 Å². The van der Waals surface area contributed by atoms with E-state index >= 15 is 0 Å². The molecule has 0 rings (SSSR count). The first-order valence-electron chi connectivity index (χ1n) is 2.21. The van der Waals surface area contributed by atoms with Gasteiger partial charge in [0.2, 0.25) is 0 Å². The molecule has 0 aromatic heterocycles. The van der Waals surface area contributed by atoms with E-state index in [2.05, 4.69) is 0 Å². The van der Waals surface area contributed by atoms with Gasteiger partial charge in [0, 0.05) is 0 Å². The molecular formula is C4H10N2O8. The summed E-state index contributed by atoms with van der Waals surface area (Å²) in [5.41, 5.74) is 0. The largest absolute Gasteiger partial charge is 0.473 e. The van der Waals surface area contributed by atoms with Crippen molar-refractivity contribution in [2.75, 3.05) is 0 Å². The molecule has 0 aromatic rings. The summed E-state index contributed by atoms with van der Waals surface area (Å²) in [6.45, 7) is 0. The molecule has 0 fully saturated rings. The Balaban J connectivity index is -0.0000000625. The first kappa shape index (κ1) is 22.6. The molecule has 14 heavy (non-hydrogen) atoms. The van der Waals surface area contributed by atoms with Gasteiger partial charge in [0.15, 0.2) is 0 Å². The van der Waals surface area contributed by atoms with Gasteiger partial charge in [-0.2, -0.15) is 0 Å². The fourth-order valence-corrected chi connectivity index (χ4v) is 0. The maximum Gasteiger partial charge on any atom is 0.414 e. The third-order valence-electron chi connectivity index (χ3n) is 0.366. The summed E-state index contributed by atoms with van der Waals surface area (Å²) >= 11 is 0. The molecule has 10 N–H and O–H groups in total. The lowest BCUT2D eigenvalue weighted by molar-refractivity contribution is -0.159. The smallest absolute Gasteiger partial charge is 0.414 e. The molecule has 0 radical (unpaired) electrons. The molecule has 84 valence electrons. The minimum absolute atomic E-state index is 0. The number of carboxylic acids is 4. The van der Waals surface area contributed by atoms with Gasteiger partial charge in [0.25, 0.3) is 0 Å². The van der Waals surface area contributed by atoms with Crippen LogP contribution in [-0.2, 0) is 19.2 Å². The second-order valence-electron chi connectivity index (χ2n) is 1.22. The fourth-order valence-electron chi connectivity index (χ4n) is 0. The predicted molar refractivity (Wildman–Crippen MR) is 40.6 cm³/mol. The number of aliphatic carboxylic acids is 4. The molecule has 0 bridgehead atoms. The minimum atomic E-state index is -1.82. The van der Waals surface area contributed by atoms with E-state index in [9.17, 15) is 0 Å². The SMILES string of the molecule is N.N.O=C(O)C(=O)O.O=C(O)C(=O)O. The zero-order valence-corrected chi connectivity index (χ0v) is 6.84. The van der Waals surface area contributed by atoms with E-state index in [1.807, 2.05) is 0 Å². The molecule has 10 heteroatoms. The zero-order chi connectivity index (χ0) is 10.3. The summed E-state index contributed by atoms with van der Waals surface area (Å²) in [6.07, 6.45) is 0. The standard InChI is InChI=1S/2C2H2O4.2H3N/c2*3-1(4)2(5)6;;/h2*(H,3,4)(H,5,6);2*1H3. The van der Waals surface area contributed by atoms with Gasteiger partial charge >= 0.3 is 23.9 Å². The van der Waals surface area contributed by atoms with Gasteiger partial charge < -0.3 is 32.7 Å². The molecule has 0 aliphatic rings. The summed E-state index contributed by atoms with van der Waals surface area (Å²) in [7, 11) is 0. The molecular weight excluding hydrogens is 204 g/mol. The van der Waals surface area contributed by atoms with Crippen molar-refractivity contribution < 1.29 is 39.6 Å². The van der Waals surface area contributed by atoms with Crippen molar-refractivity contribution in [2.45, 2.75) is 0 Å². The Hall–Kier alpha value is -2.20. The van der Waals surface area contributed by atoms with Crippen molar-refractivity contribution >= 4 is 23.9 Å². The highest BCUT2D eigenvalue weighted by atomic mass is 16.4. The summed E-state index contributed by atoms with van der Waals surface area (Å²) in [6, 6.07) is 0. The first-order chi connectivity index (χ1) is 5.29. The van der Waals surface area contributed by atoms with E-state index in [4.69, 9.17) is 39.6 Å². The monoisotopic (exact) mass is 214 g/mol. The molecule has 0 aliphatic carbocycles.